The maximum atomic E-state index is 12.6. The van der Waals surface area contributed by atoms with Crippen LogP contribution in [0, 0.1) is 0 Å². The van der Waals surface area contributed by atoms with Crippen LogP contribution in [0.2, 0.25) is 0 Å². The summed E-state index contributed by atoms with van der Waals surface area (Å²) in [6.07, 6.45) is 0. The summed E-state index contributed by atoms with van der Waals surface area (Å²) in [7, 11) is 0. The van der Waals surface area contributed by atoms with Gasteiger partial charge in [0.2, 0.25) is 0 Å². The molecule has 4 heteroatoms. The van der Waals surface area contributed by atoms with Gasteiger partial charge in [0.1, 0.15) is 5.82 Å². The van der Waals surface area contributed by atoms with Crippen molar-refractivity contribution in [3.8, 4) is 0 Å². The van der Waals surface area contributed by atoms with Crippen molar-refractivity contribution in [1.29, 1.82) is 0 Å². The summed E-state index contributed by atoms with van der Waals surface area (Å²) in [4.78, 5) is 17.1. The second-order valence-corrected chi connectivity index (χ2v) is 6.07. The maximum Gasteiger partial charge on any atom is 0.261 e. The first kappa shape index (κ1) is 13.1. The molecule has 1 heterocycles. The van der Waals surface area contributed by atoms with Gasteiger partial charge in [0, 0.05) is 5.54 Å². The molecule has 1 aromatic heterocycles. The highest BCUT2D eigenvalue weighted by Crippen LogP contribution is 2.23. The highest BCUT2D eigenvalue weighted by atomic mass is 35.5. The number of hydrogen-bond acceptors (Lipinski definition) is 2. The fourth-order valence-corrected chi connectivity index (χ4v) is 2.21. The van der Waals surface area contributed by atoms with Gasteiger partial charge >= 0.3 is 0 Å². The van der Waals surface area contributed by atoms with Gasteiger partial charge in [-0.05, 0) is 39.8 Å². The van der Waals surface area contributed by atoms with E-state index in [4.69, 9.17) is 11.6 Å². The van der Waals surface area contributed by atoms with E-state index in [1.54, 1.807) is 10.6 Å². The molecule has 0 bridgehead atoms. The van der Waals surface area contributed by atoms with Gasteiger partial charge in [-0.25, -0.2) is 4.98 Å². The molecule has 0 amide bonds. The molecule has 1 unspecified atom stereocenters. The van der Waals surface area contributed by atoms with Crippen molar-refractivity contribution in [2.45, 2.75) is 38.6 Å². The van der Waals surface area contributed by atoms with Gasteiger partial charge in [-0.2, -0.15) is 0 Å². The molecule has 0 radical (unpaired) electrons. The lowest BCUT2D eigenvalue weighted by Crippen LogP contribution is -2.37. The number of halogens is 1. The van der Waals surface area contributed by atoms with Crippen LogP contribution in [0.4, 0.5) is 0 Å². The normalized spacial score (nSPS) is 13.8. The van der Waals surface area contributed by atoms with Gasteiger partial charge in [-0.3, -0.25) is 9.36 Å². The Kier molecular flexibility index (Phi) is 3.20. The smallest absolute Gasteiger partial charge is 0.261 e. The van der Waals surface area contributed by atoms with Gasteiger partial charge in [0.15, 0.2) is 0 Å². The molecule has 1 atom stereocenters. The van der Waals surface area contributed by atoms with Crippen LogP contribution in [0.15, 0.2) is 29.1 Å². The summed E-state index contributed by atoms with van der Waals surface area (Å²) in [5.74, 6) is 0.618. The first-order valence-corrected chi connectivity index (χ1v) is 6.42. The first-order valence-electron chi connectivity index (χ1n) is 5.98. The molecule has 2 rings (SSSR count). The van der Waals surface area contributed by atoms with Gasteiger partial charge in [-0.15, -0.1) is 11.6 Å². The number of hydrogen-bond donors (Lipinski definition) is 0. The van der Waals surface area contributed by atoms with E-state index in [9.17, 15) is 4.79 Å². The first-order chi connectivity index (χ1) is 8.32. The molecule has 0 fully saturated rings. The topological polar surface area (TPSA) is 34.9 Å². The van der Waals surface area contributed by atoms with Crippen LogP contribution in [0.5, 0.6) is 0 Å². The van der Waals surface area contributed by atoms with Crippen LogP contribution in [-0.4, -0.2) is 9.55 Å². The van der Waals surface area contributed by atoms with Crippen molar-refractivity contribution in [2.24, 2.45) is 0 Å². The van der Waals surface area contributed by atoms with E-state index < -0.39 is 0 Å². The average molecular weight is 265 g/mol. The van der Waals surface area contributed by atoms with Crippen molar-refractivity contribution in [1.82, 2.24) is 9.55 Å². The van der Waals surface area contributed by atoms with Crippen molar-refractivity contribution < 1.29 is 0 Å². The molecule has 18 heavy (non-hydrogen) atoms. The minimum atomic E-state index is -0.341. The molecule has 3 nitrogen and oxygen atoms in total. The minimum absolute atomic E-state index is 0.0319. The Bertz CT molecular complexity index is 638. The molecule has 96 valence electrons. The van der Waals surface area contributed by atoms with Crippen molar-refractivity contribution in [3.63, 3.8) is 0 Å². The average Bonchev–Trinajstić information content (AvgIpc) is 2.27. The van der Waals surface area contributed by atoms with Crippen LogP contribution in [0.3, 0.4) is 0 Å². The third-order valence-corrected chi connectivity index (χ3v) is 3.02. The van der Waals surface area contributed by atoms with Crippen LogP contribution in [0.25, 0.3) is 10.9 Å². The quantitative estimate of drug-likeness (QED) is 0.740. The molecule has 0 spiro atoms. The zero-order valence-corrected chi connectivity index (χ0v) is 11.8. The predicted molar refractivity (Wildman–Crippen MR) is 75.3 cm³/mol. The number of alkyl halides is 1. The van der Waals surface area contributed by atoms with Crippen molar-refractivity contribution in [2.75, 3.05) is 0 Å². The van der Waals surface area contributed by atoms with Gasteiger partial charge in [0.05, 0.1) is 16.3 Å². The molecule has 0 saturated carbocycles. The second-order valence-electron chi connectivity index (χ2n) is 5.41. The molecule has 0 N–H and O–H groups in total. The zero-order valence-electron chi connectivity index (χ0n) is 11.1. The second kappa shape index (κ2) is 4.39. The molecule has 0 saturated heterocycles. The maximum absolute atomic E-state index is 12.6. The van der Waals surface area contributed by atoms with Crippen LogP contribution >= 0.6 is 11.6 Å². The zero-order chi connectivity index (χ0) is 13.5. The largest absolute Gasteiger partial charge is 0.289 e. The molecule has 0 aliphatic heterocycles. The molecule has 2 aromatic rings. The molecule has 0 aliphatic rings. The van der Waals surface area contributed by atoms with Crippen molar-refractivity contribution >= 4 is 22.5 Å². The third kappa shape index (κ3) is 2.15. The lowest BCUT2D eigenvalue weighted by Gasteiger charge is -2.26. The van der Waals surface area contributed by atoms with Gasteiger partial charge in [0.25, 0.3) is 5.56 Å². The van der Waals surface area contributed by atoms with E-state index in [2.05, 4.69) is 4.98 Å². The third-order valence-electron chi connectivity index (χ3n) is 2.83. The monoisotopic (exact) mass is 264 g/mol. The summed E-state index contributed by atoms with van der Waals surface area (Å²) < 4.78 is 1.69. The van der Waals surface area contributed by atoms with E-state index in [1.807, 2.05) is 45.9 Å². The number of fused-ring (bicyclic) bond motifs is 1. The number of aromatic nitrogens is 2. The number of nitrogens with zero attached hydrogens (tertiary/aromatic N) is 2. The van der Waals surface area contributed by atoms with Gasteiger partial charge in [-0.1, -0.05) is 12.1 Å². The van der Waals surface area contributed by atoms with Crippen LogP contribution < -0.4 is 5.56 Å². The van der Waals surface area contributed by atoms with E-state index >= 15 is 0 Å². The molecule has 0 aliphatic carbocycles. The van der Waals surface area contributed by atoms with E-state index in [0.717, 1.165) is 0 Å². The Labute approximate surface area is 111 Å². The van der Waals surface area contributed by atoms with E-state index in [1.165, 1.54) is 0 Å². The summed E-state index contributed by atoms with van der Waals surface area (Å²) in [6.45, 7) is 7.77. The van der Waals surface area contributed by atoms with E-state index in [0.29, 0.717) is 16.7 Å². The summed E-state index contributed by atoms with van der Waals surface area (Å²) in [6, 6.07) is 7.36. The Morgan fingerprint density at radius 3 is 2.44 bits per heavy atom. The molecular formula is C14H17ClN2O. The fraction of sp³-hybridized carbons (Fsp3) is 0.429. The van der Waals surface area contributed by atoms with Gasteiger partial charge < -0.3 is 0 Å². The molecule has 1 aromatic carbocycles. The number of benzene rings is 1. The highest BCUT2D eigenvalue weighted by molar-refractivity contribution is 6.20. The Morgan fingerprint density at radius 1 is 1.28 bits per heavy atom. The summed E-state index contributed by atoms with van der Waals surface area (Å²) in [5.41, 5.74) is 0.327. The number of para-hydroxylation sites is 1. The fourth-order valence-electron chi connectivity index (χ4n) is 2.07. The van der Waals surface area contributed by atoms with Crippen molar-refractivity contribution in [3.05, 3.63) is 40.4 Å². The minimum Gasteiger partial charge on any atom is -0.289 e. The molecular weight excluding hydrogens is 248 g/mol. The Hall–Kier alpha value is -1.35. The highest BCUT2D eigenvalue weighted by Gasteiger charge is 2.23. The Balaban J connectivity index is 2.94. The predicted octanol–water partition coefficient (Wildman–Crippen LogP) is 3.45. The van der Waals surface area contributed by atoms with Crippen LogP contribution in [0.1, 0.15) is 38.9 Å². The standard InChI is InChI=1S/C14H17ClN2O/c1-9(15)12-16-11-8-6-5-7-10(11)13(18)17(12)14(2,3)4/h5-9H,1-4H3. The Morgan fingerprint density at radius 2 is 1.89 bits per heavy atom. The number of rotatable bonds is 1. The van der Waals surface area contributed by atoms with Crippen LogP contribution in [-0.2, 0) is 5.54 Å². The summed E-state index contributed by atoms with van der Waals surface area (Å²) in [5, 5.41) is 0.329. The van der Waals surface area contributed by atoms with E-state index in [-0.39, 0.29) is 16.5 Å². The summed E-state index contributed by atoms with van der Waals surface area (Å²) >= 11 is 6.16. The SMILES string of the molecule is CC(Cl)c1nc2ccccc2c(=O)n1C(C)(C)C. The lowest BCUT2D eigenvalue weighted by molar-refractivity contribution is 0.366. The lowest BCUT2D eigenvalue weighted by atomic mass is 10.1.